The first-order valence-corrected chi connectivity index (χ1v) is 12.4. The van der Waals surface area contributed by atoms with Gasteiger partial charge in [-0.2, -0.15) is 0 Å². The maximum Gasteiger partial charge on any atom is 0.269 e. The Balaban J connectivity index is 1.53. The summed E-state index contributed by atoms with van der Waals surface area (Å²) in [4.78, 5) is 45.0. The van der Waals surface area contributed by atoms with Gasteiger partial charge in [-0.05, 0) is 48.4 Å². The van der Waals surface area contributed by atoms with Crippen LogP contribution in [0.25, 0.3) is 0 Å². The number of hydrogen-bond acceptors (Lipinski definition) is 8. The normalized spacial score (nSPS) is 20.5. The van der Waals surface area contributed by atoms with Crippen LogP contribution >= 0.6 is 0 Å². The standard InChI is InChI=1S/C28H27N3O7/c1-3-4-16-37-22-15-10-18(17-23(22)36-2)25-24-26(38-30(25)20-8-6-5-7-9-20)28(33)29(27(24)32)19-11-13-21(14-12-19)31(34)35/h5-15,17,24-26H,3-4,16H2,1-2H3/t24-,25-,26-/m1/s1. The van der Waals surface area contributed by atoms with Gasteiger partial charge in [0.15, 0.2) is 17.6 Å². The van der Waals surface area contributed by atoms with Crippen LogP contribution in [0, 0.1) is 16.0 Å². The van der Waals surface area contributed by atoms with E-state index in [2.05, 4.69) is 6.92 Å². The fourth-order valence-corrected chi connectivity index (χ4v) is 4.84. The summed E-state index contributed by atoms with van der Waals surface area (Å²) in [5.74, 6) is -0.718. The van der Waals surface area contributed by atoms with E-state index in [1.165, 1.54) is 24.3 Å². The van der Waals surface area contributed by atoms with Crippen molar-refractivity contribution in [1.82, 2.24) is 0 Å². The van der Waals surface area contributed by atoms with Gasteiger partial charge in [0, 0.05) is 12.1 Å². The van der Waals surface area contributed by atoms with Crippen molar-refractivity contribution in [3.63, 3.8) is 0 Å². The molecule has 38 heavy (non-hydrogen) atoms. The summed E-state index contributed by atoms with van der Waals surface area (Å²) in [6.07, 6.45) is 0.840. The fraction of sp³-hybridized carbons (Fsp3) is 0.286. The predicted molar refractivity (Wildman–Crippen MR) is 139 cm³/mol. The predicted octanol–water partition coefficient (Wildman–Crippen LogP) is 4.83. The molecular formula is C28H27N3O7. The zero-order chi connectivity index (χ0) is 26.8. The average molecular weight is 518 g/mol. The lowest BCUT2D eigenvalue weighted by Crippen LogP contribution is -2.37. The second kappa shape index (κ2) is 10.5. The van der Waals surface area contributed by atoms with Gasteiger partial charge in [0.1, 0.15) is 5.92 Å². The van der Waals surface area contributed by atoms with Gasteiger partial charge in [-0.15, -0.1) is 0 Å². The molecule has 0 aliphatic carbocycles. The fourth-order valence-electron chi connectivity index (χ4n) is 4.84. The van der Waals surface area contributed by atoms with Crippen LogP contribution in [0.5, 0.6) is 11.5 Å². The number of para-hydroxylation sites is 1. The van der Waals surface area contributed by atoms with E-state index in [9.17, 15) is 19.7 Å². The highest BCUT2D eigenvalue weighted by molar-refractivity contribution is 6.24. The van der Waals surface area contributed by atoms with Crippen molar-refractivity contribution < 1.29 is 28.8 Å². The second-order valence-electron chi connectivity index (χ2n) is 9.06. The number of ether oxygens (including phenoxy) is 2. The van der Waals surface area contributed by atoms with Crippen LogP contribution in [0.15, 0.2) is 72.8 Å². The van der Waals surface area contributed by atoms with Gasteiger partial charge in [0.25, 0.3) is 11.6 Å². The molecule has 196 valence electrons. The molecule has 2 fully saturated rings. The van der Waals surface area contributed by atoms with Crippen molar-refractivity contribution in [2.45, 2.75) is 31.9 Å². The number of methoxy groups -OCH3 is 1. The van der Waals surface area contributed by atoms with Crippen LogP contribution < -0.4 is 19.4 Å². The van der Waals surface area contributed by atoms with E-state index in [1.54, 1.807) is 24.3 Å². The van der Waals surface area contributed by atoms with Crippen molar-refractivity contribution >= 4 is 28.9 Å². The molecule has 10 heteroatoms. The molecule has 3 atom stereocenters. The number of hydroxylamine groups is 1. The molecule has 2 saturated heterocycles. The quantitative estimate of drug-likeness (QED) is 0.172. The smallest absolute Gasteiger partial charge is 0.269 e. The summed E-state index contributed by atoms with van der Waals surface area (Å²) in [6.45, 7) is 2.63. The average Bonchev–Trinajstić information content (AvgIpc) is 3.45. The molecule has 0 saturated carbocycles. The summed E-state index contributed by atoms with van der Waals surface area (Å²) in [5, 5.41) is 12.7. The Morgan fingerprint density at radius 2 is 1.68 bits per heavy atom. The third kappa shape index (κ3) is 4.43. The molecule has 0 aromatic heterocycles. The molecule has 3 aromatic rings. The Hall–Kier alpha value is -4.44. The number of imide groups is 1. The summed E-state index contributed by atoms with van der Waals surface area (Å²) in [5.41, 5.74) is 1.53. The van der Waals surface area contributed by atoms with E-state index in [1.807, 2.05) is 36.4 Å². The van der Waals surface area contributed by atoms with Crippen LogP contribution in [-0.4, -0.2) is 36.6 Å². The zero-order valence-electron chi connectivity index (χ0n) is 21.0. The van der Waals surface area contributed by atoms with Crippen molar-refractivity contribution in [2.75, 3.05) is 23.7 Å². The van der Waals surface area contributed by atoms with E-state index in [0.717, 1.165) is 17.7 Å². The molecule has 2 amide bonds. The topological polar surface area (TPSA) is 111 Å². The highest BCUT2D eigenvalue weighted by Crippen LogP contribution is 2.48. The number of nitro benzene ring substituents is 1. The zero-order valence-corrected chi connectivity index (χ0v) is 21.0. The number of nitro groups is 1. The summed E-state index contributed by atoms with van der Waals surface area (Å²) in [7, 11) is 1.55. The van der Waals surface area contributed by atoms with Gasteiger partial charge in [-0.1, -0.05) is 37.6 Å². The lowest BCUT2D eigenvalue weighted by atomic mass is 9.90. The van der Waals surface area contributed by atoms with Crippen molar-refractivity contribution in [3.8, 4) is 11.5 Å². The highest BCUT2D eigenvalue weighted by Gasteiger charge is 2.60. The number of fused-ring (bicyclic) bond motifs is 1. The largest absolute Gasteiger partial charge is 0.493 e. The van der Waals surface area contributed by atoms with Crippen LogP contribution in [0.3, 0.4) is 0 Å². The number of nitrogens with zero attached hydrogens (tertiary/aromatic N) is 3. The minimum atomic E-state index is -1.06. The Kier molecular flexibility index (Phi) is 6.97. The lowest BCUT2D eigenvalue weighted by Gasteiger charge is -2.29. The van der Waals surface area contributed by atoms with E-state index >= 15 is 0 Å². The van der Waals surface area contributed by atoms with Gasteiger partial charge >= 0.3 is 0 Å². The minimum absolute atomic E-state index is 0.134. The minimum Gasteiger partial charge on any atom is -0.493 e. The molecule has 0 unspecified atom stereocenters. The molecular weight excluding hydrogens is 490 g/mol. The Labute approximate surface area is 219 Å². The molecule has 2 heterocycles. The maximum atomic E-state index is 13.8. The number of benzene rings is 3. The van der Waals surface area contributed by atoms with E-state index in [-0.39, 0.29) is 11.4 Å². The molecule has 5 rings (SSSR count). The number of unbranched alkanes of at least 4 members (excludes halogenated alkanes) is 1. The molecule has 0 bridgehead atoms. The number of amides is 2. The monoisotopic (exact) mass is 517 g/mol. The Bertz CT molecular complexity index is 1350. The molecule has 0 N–H and O–H groups in total. The van der Waals surface area contributed by atoms with E-state index in [0.29, 0.717) is 29.4 Å². The Morgan fingerprint density at radius 1 is 0.947 bits per heavy atom. The number of carbonyl (C=O) groups excluding carboxylic acids is 2. The molecule has 0 spiro atoms. The lowest BCUT2D eigenvalue weighted by molar-refractivity contribution is -0.384. The number of non-ortho nitro benzene ring substituents is 1. The van der Waals surface area contributed by atoms with Crippen LogP contribution in [0.4, 0.5) is 17.1 Å². The number of anilines is 2. The number of carbonyl (C=O) groups is 2. The Morgan fingerprint density at radius 3 is 2.34 bits per heavy atom. The molecule has 0 radical (unpaired) electrons. The van der Waals surface area contributed by atoms with Crippen LogP contribution in [0.1, 0.15) is 31.4 Å². The van der Waals surface area contributed by atoms with Crippen molar-refractivity contribution in [1.29, 1.82) is 0 Å². The highest BCUT2D eigenvalue weighted by atomic mass is 16.7. The summed E-state index contributed by atoms with van der Waals surface area (Å²) >= 11 is 0. The summed E-state index contributed by atoms with van der Waals surface area (Å²) < 4.78 is 11.5. The molecule has 2 aliphatic heterocycles. The maximum absolute atomic E-state index is 13.8. The van der Waals surface area contributed by atoms with Crippen molar-refractivity contribution in [2.24, 2.45) is 5.92 Å². The first-order chi connectivity index (χ1) is 18.4. The third-order valence-corrected chi connectivity index (χ3v) is 6.73. The van der Waals surface area contributed by atoms with Crippen LogP contribution in [-0.2, 0) is 14.4 Å². The second-order valence-corrected chi connectivity index (χ2v) is 9.06. The first kappa shape index (κ1) is 25.2. The molecule has 3 aromatic carbocycles. The van der Waals surface area contributed by atoms with E-state index < -0.39 is 34.8 Å². The number of rotatable bonds is 9. The van der Waals surface area contributed by atoms with Gasteiger partial charge in [0.05, 0.1) is 36.1 Å². The summed E-state index contributed by atoms with van der Waals surface area (Å²) in [6, 6.07) is 19.4. The SMILES string of the molecule is CCCCOc1ccc([C@@H]2[C@H]3C(=O)N(c4ccc([N+](=O)[O-])cc4)C(=O)[C@@H]3ON2c2ccccc2)cc1OC. The molecule has 2 aliphatic rings. The van der Waals surface area contributed by atoms with Crippen LogP contribution in [0.2, 0.25) is 0 Å². The van der Waals surface area contributed by atoms with Gasteiger partial charge in [-0.3, -0.25) is 24.5 Å². The van der Waals surface area contributed by atoms with E-state index in [4.69, 9.17) is 14.3 Å². The van der Waals surface area contributed by atoms with Gasteiger partial charge in [0.2, 0.25) is 5.91 Å². The van der Waals surface area contributed by atoms with Gasteiger partial charge in [-0.25, -0.2) is 9.96 Å². The first-order valence-electron chi connectivity index (χ1n) is 12.4. The van der Waals surface area contributed by atoms with Gasteiger partial charge < -0.3 is 9.47 Å². The van der Waals surface area contributed by atoms with Crippen molar-refractivity contribution in [3.05, 3.63) is 88.5 Å². The third-order valence-electron chi connectivity index (χ3n) is 6.73. The number of hydrogen-bond donors (Lipinski definition) is 0. The molecule has 10 nitrogen and oxygen atoms in total.